The quantitative estimate of drug-likeness (QED) is 0.848. The molecule has 0 unspecified atom stereocenters. The number of esters is 1. The van der Waals surface area contributed by atoms with E-state index in [1.54, 1.807) is 13.1 Å². The van der Waals surface area contributed by atoms with Gasteiger partial charge in [0, 0.05) is 5.69 Å². The van der Waals surface area contributed by atoms with Crippen LogP contribution in [-0.2, 0) is 9.53 Å². The summed E-state index contributed by atoms with van der Waals surface area (Å²) >= 11 is 0. The zero-order chi connectivity index (χ0) is 16.3. The highest BCUT2D eigenvalue weighted by atomic mass is 16.5. The van der Waals surface area contributed by atoms with E-state index in [0.717, 1.165) is 18.5 Å². The Kier molecular flexibility index (Phi) is 4.88. The molecule has 0 radical (unpaired) electrons. The van der Waals surface area contributed by atoms with E-state index in [2.05, 4.69) is 10.4 Å². The number of nitrogens with zero attached hydrogens (tertiary/aromatic N) is 2. The van der Waals surface area contributed by atoms with Gasteiger partial charge in [-0.05, 0) is 33.1 Å². The maximum Gasteiger partial charge on any atom is 0.331 e. The lowest BCUT2D eigenvalue weighted by Gasteiger charge is -2.26. The summed E-state index contributed by atoms with van der Waals surface area (Å²) in [5.74, 6) is -0.722. The average Bonchev–Trinajstić information content (AvgIpc) is 3.15. The van der Waals surface area contributed by atoms with Crippen molar-refractivity contribution in [2.24, 2.45) is 0 Å². The molecule has 1 aliphatic carbocycles. The monoisotopic (exact) mass is 307 g/mol. The molecule has 2 rings (SSSR count). The van der Waals surface area contributed by atoms with Gasteiger partial charge in [-0.1, -0.05) is 19.8 Å². The van der Waals surface area contributed by atoms with Crippen molar-refractivity contribution in [3.63, 3.8) is 0 Å². The molecule has 1 atom stereocenters. The normalized spacial score (nSPS) is 18.0. The molecule has 1 saturated carbocycles. The van der Waals surface area contributed by atoms with E-state index in [0.29, 0.717) is 18.0 Å². The van der Waals surface area contributed by atoms with Gasteiger partial charge in [-0.2, -0.15) is 5.10 Å². The Hall–Kier alpha value is -1.85. The number of nitrogens with one attached hydrogen (secondary N) is 1. The molecule has 22 heavy (non-hydrogen) atoms. The topological polar surface area (TPSA) is 73.2 Å². The van der Waals surface area contributed by atoms with Gasteiger partial charge in [0.05, 0.1) is 24.9 Å². The van der Waals surface area contributed by atoms with Crippen LogP contribution in [0.3, 0.4) is 0 Å². The largest absolute Gasteiger partial charge is 0.467 e. The lowest BCUT2D eigenvalue weighted by Crippen LogP contribution is -2.52. The summed E-state index contributed by atoms with van der Waals surface area (Å²) in [4.78, 5) is 24.4. The van der Waals surface area contributed by atoms with Crippen LogP contribution in [0.1, 0.15) is 68.0 Å². The van der Waals surface area contributed by atoms with Crippen LogP contribution in [0.4, 0.5) is 0 Å². The minimum absolute atomic E-state index is 0.281. The van der Waals surface area contributed by atoms with Crippen LogP contribution in [0.2, 0.25) is 0 Å². The number of aromatic nitrogens is 2. The zero-order valence-corrected chi connectivity index (χ0v) is 13.8. The lowest BCUT2D eigenvalue weighted by molar-refractivity contribution is -0.147. The van der Waals surface area contributed by atoms with Crippen LogP contribution in [-0.4, -0.2) is 34.3 Å². The number of carbonyl (C=O) groups is 2. The fourth-order valence-electron chi connectivity index (χ4n) is 2.99. The van der Waals surface area contributed by atoms with E-state index < -0.39 is 11.5 Å². The summed E-state index contributed by atoms with van der Waals surface area (Å²) in [5, 5.41) is 7.17. The first-order valence-electron chi connectivity index (χ1n) is 7.88. The second-order valence-corrected chi connectivity index (χ2v) is 6.16. The molecule has 1 aromatic rings. The summed E-state index contributed by atoms with van der Waals surface area (Å²) in [6.45, 7) is 5.42. The molecule has 0 aromatic carbocycles. The van der Waals surface area contributed by atoms with Crippen LogP contribution in [0.15, 0.2) is 6.20 Å². The summed E-state index contributed by atoms with van der Waals surface area (Å²) in [6.07, 6.45) is 6.69. The van der Waals surface area contributed by atoms with E-state index >= 15 is 0 Å². The minimum atomic E-state index is -1.02. The molecule has 1 heterocycles. The molecular formula is C16H25N3O3. The van der Waals surface area contributed by atoms with Crippen molar-refractivity contribution in [3.05, 3.63) is 17.5 Å². The van der Waals surface area contributed by atoms with Crippen molar-refractivity contribution >= 4 is 11.9 Å². The summed E-state index contributed by atoms with van der Waals surface area (Å²) < 4.78 is 6.73. The molecule has 0 saturated heterocycles. The first-order chi connectivity index (χ1) is 10.4. The van der Waals surface area contributed by atoms with E-state index in [1.807, 2.05) is 18.5 Å². The van der Waals surface area contributed by atoms with Crippen molar-refractivity contribution in [1.82, 2.24) is 15.1 Å². The lowest BCUT2D eigenvalue weighted by atomic mass is 9.98. The molecular weight excluding hydrogens is 282 g/mol. The number of ether oxygens (including phenoxy) is 1. The van der Waals surface area contributed by atoms with E-state index in [9.17, 15) is 9.59 Å². The predicted molar refractivity (Wildman–Crippen MR) is 82.6 cm³/mol. The first-order valence-corrected chi connectivity index (χ1v) is 7.88. The molecule has 1 fully saturated rings. The summed E-state index contributed by atoms with van der Waals surface area (Å²) in [5.41, 5.74) is 0.358. The van der Waals surface area contributed by atoms with Crippen molar-refractivity contribution < 1.29 is 14.3 Å². The number of amides is 1. The van der Waals surface area contributed by atoms with Crippen molar-refractivity contribution in [2.75, 3.05) is 7.11 Å². The second kappa shape index (κ2) is 6.50. The summed E-state index contributed by atoms with van der Waals surface area (Å²) in [6, 6.07) is 0.389. The van der Waals surface area contributed by atoms with E-state index in [-0.39, 0.29) is 5.91 Å². The van der Waals surface area contributed by atoms with Crippen LogP contribution in [0, 0.1) is 6.92 Å². The predicted octanol–water partition coefficient (Wildman–Crippen LogP) is 2.38. The second-order valence-electron chi connectivity index (χ2n) is 6.16. The van der Waals surface area contributed by atoms with Gasteiger partial charge in [0.2, 0.25) is 0 Å². The van der Waals surface area contributed by atoms with Gasteiger partial charge < -0.3 is 10.1 Å². The van der Waals surface area contributed by atoms with Gasteiger partial charge in [-0.3, -0.25) is 9.48 Å². The number of hydrogen-bond donors (Lipinski definition) is 1. The standard InChI is InChI=1S/C16H25N3O3/c1-5-16(3,15(21)22-4)18-14(20)13-10-17-19(11(13)2)12-8-6-7-9-12/h10,12H,5-9H2,1-4H3,(H,18,20)/t16-/m0/s1. The van der Waals surface area contributed by atoms with Crippen LogP contribution >= 0.6 is 0 Å². The van der Waals surface area contributed by atoms with Crippen molar-refractivity contribution in [1.29, 1.82) is 0 Å². The third-order valence-corrected chi connectivity index (χ3v) is 4.69. The maximum absolute atomic E-state index is 12.5. The Morgan fingerprint density at radius 1 is 1.45 bits per heavy atom. The van der Waals surface area contributed by atoms with E-state index in [1.165, 1.54) is 20.0 Å². The Labute approximate surface area is 131 Å². The highest BCUT2D eigenvalue weighted by Crippen LogP contribution is 2.30. The van der Waals surface area contributed by atoms with Crippen LogP contribution in [0.5, 0.6) is 0 Å². The van der Waals surface area contributed by atoms with Crippen LogP contribution in [0.25, 0.3) is 0 Å². The molecule has 1 N–H and O–H groups in total. The smallest absolute Gasteiger partial charge is 0.331 e. The van der Waals surface area contributed by atoms with Gasteiger partial charge in [0.25, 0.3) is 5.91 Å². The molecule has 1 aromatic heterocycles. The number of hydrogen-bond acceptors (Lipinski definition) is 4. The van der Waals surface area contributed by atoms with Gasteiger partial charge in [0.15, 0.2) is 0 Å². The molecule has 6 heteroatoms. The molecule has 0 spiro atoms. The molecule has 1 amide bonds. The molecule has 6 nitrogen and oxygen atoms in total. The minimum Gasteiger partial charge on any atom is -0.467 e. The number of carbonyl (C=O) groups excluding carboxylic acids is 2. The van der Waals surface area contributed by atoms with Gasteiger partial charge >= 0.3 is 5.97 Å². The molecule has 0 aliphatic heterocycles. The number of methoxy groups -OCH3 is 1. The third-order valence-electron chi connectivity index (χ3n) is 4.69. The zero-order valence-electron chi connectivity index (χ0n) is 13.8. The summed E-state index contributed by atoms with van der Waals surface area (Å²) in [7, 11) is 1.33. The Morgan fingerprint density at radius 2 is 2.09 bits per heavy atom. The molecule has 0 bridgehead atoms. The SMILES string of the molecule is CC[C@](C)(NC(=O)c1cnn(C2CCCC2)c1C)C(=O)OC. The van der Waals surface area contributed by atoms with Crippen molar-refractivity contribution in [2.45, 2.75) is 64.5 Å². The maximum atomic E-state index is 12.5. The van der Waals surface area contributed by atoms with Gasteiger partial charge in [-0.25, -0.2) is 4.79 Å². The Morgan fingerprint density at radius 3 is 2.64 bits per heavy atom. The van der Waals surface area contributed by atoms with Crippen molar-refractivity contribution in [3.8, 4) is 0 Å². The molecule has 1 aliphatic rings. The Balaban J connectivity index is 2.18. The van der Waals surface area contributed by atoms with Gasteiger partial charge in [-0.15, -0.1) is 0 Å². The average molecular weight is 307 g/mol. The van der Waals surface area contributed by atoms with Gasteiger partial charge in [0.1, 0.15) is 5.54 Å². The highest BCUT2D eigenvalue weighted by Gasteiger charge is 2.35. The number of rotatable bonds is 5. The molecule has 122 valence electrons. The highest BCUT2D eigenvalue weighted by molar-refractivity contribution is 5.98. The van der Waals surface area contributed by atoms with E-state index in [4.69, 9.17) is 4.74 Å². The fraction of sp³-hybridized carbons (Fsp3) is 0.688. The van der Waals surface area contributed by atoms with Crippen LogP contribution < -0.4 is 5.32 Å². The Bertz CT molecular complexity index is 561. The fourth-order valence-corrected chi connectivity index (χ4v) is 2.99. The third kappa shape index (κ3) is 3.00. The first kappa shape index (κ1) is 16.5.